The molecule has 5 N–H and O–H groups in total. The molecule has 0 aromatic heterocycles. The highest BCUT2D eigenvalue weighted by molar-refractivity contribution is 5.98. The molecule has 0 saturated carbocycles. The minimum atomic E-state index is -0.853. The van der Waals surface area contributed by atoms with E-state index >= 15 is 0 Å². The van der Waals surface area contributed by atoms with Gasteiger partial charge in [0, 0.05) is 6.54 Å². The number of nitrogen functional groups attached to an aromatic ring is 1. The third-order valence-electron chi connectivity index (χ3n) is 2.24. The SMILES string of the molecule is CCOC(=O)c1cccc(N)c1NCCOC(N)=O. The lowest BCUT2D eigenvalue weighted by Crippen LogP contribution is -2.20. The highest BCUT2D eigenvalue weighted by Gasteiger charge is 2.14. The first-order chi connectivity index (χ1) is 9.06. The van der Waals surface area contributed by atoms with Crippen LogP contribution in [0.25, 0.3) is 0 Å². The number of amides is 1. The number of hydrogen-bond acceptors (Lipinski definition) is 6. The number of primary amides is 1. The molecule has 1 amide bonds. The van der Waals surface area contributed by atoms with E-state index in [1.807, 2.05) is 0 Å². The van der Waals surface area contributed by atoms with Crippen LogP contribution in [0.15, 0.2) is 18.2 Å². The molecule has 7 heteroatoms. The van der Waals surface area contributed by atoms with E-state index in [9.17, 15) is 9.59 Å². The molecular weight excluding hydrogens is 250 g/mol. The Bertz CT molecular complexity index is 462. The molecule has 0 unspecified atom stereocenters. The van der Waals surface area contributed by atoms with Gasteiger partial charge in [-0.3, -0.25) is 0 Å². The van der Waals surface area contributed by atoms with Crippen LogP contribution in [0.3, 0.4) is 0 Å². The Balaban J connectivity index is 2.74. The third-order valence-corrected chi connectivity index (χ3v) is 2.24. The van der Waals surface area contributed by atoms with E-state index in [4.69, 9.17) is 16.2 Å². The van der Waals surface area contributed by atoms with Crippen molar-refractivity contribution in [1.82, 2.24) is 0 Å². The maximum atomic E-state index is 11.7. The van der Waals surface area contributed by atoms with Gasteiger partial charge in [0.05, 0.1) is 23.5 Å². The van der Waals surface area contributed by atoms with Crippen molar-refractivity contribution in [3.63, 3.8) is 0 Å². The van der Waals surface area contributed by atoms with Crippen molar-refractivity contribution in [2.45, 2.75) is 6.92 Å². The third kappa shape index (κ3) is 4.38. The van der Waals surface area contributed by atoms with E-state index in [1.54, 1.807) is 25.1 Å². The van der Waals surface area contributed by atoms with E-state index in [1.165, 1.54) is 0 Å². The number of benzene rings is 1. The maximum Gasteiger partial charge on any atom is 0.404 e. The summed E-state index contributed by atoms with van der Waals surface area (Å²) in [6.45, 7) is 2.35. The second kappa shape index (κ2) is 7.10. The molecule has 0 aliphatic carbocycles. The number of rotatable bonds is 6. The van der Waals surface area contributed by atoms with E-state index in [0.717, 1.165) is 0 Å². The van der Waals surface area contributed by atoms with Crippen LogP contribution in [0.1, 0.15) is 17.3 Å². The summed E-state index contributed by atoms with van der Waals surface area (Å²) in [6, 6.07) is 4.91. The van der Waals surface area contributed by atoms with Crippen molar-refractivity contribution in [2.24, 2.45) is 5.73 Å². The Morgan fingerprint density at radius 1 is 1.32 bits per heavy atom. The van der Waals surface area contributed by atoms with Gasteiger partial charge in [0.25, 0.3) is 0 Å². The number of nitrogens with one attached hydrogen (secondary N) is 1. The average Bonchev–Trinajstić information content (AvgIpc) is 2.36. The smallest absolute Gasteiger partial charge is 0.404 e. The Kier molecular flexibility index (Phi) is 5.46. The molecule has 1 rings (SSSR count). The predicted octanol–water partition coefficient (Wildman–Crippen LogP) is 0.953. The molecule has 1 aromatic rings. The molecule has 0 aliphatic heterocycles. The molecule has 0 radical (unpaired) electrons. The molecule has 1 aromatic carbocycles. The molecular formula is C12H17N3O4. The quantitative estimate of drug-likeness (QED) is 0.401. The zero-order chi connectivity index (χ0) is 14.3. The normalized spacial score (nSPS) is 9.74. The molecule has 0 atom stereocenters. The van der Waals surface area contributed by atoms with Gasteiger partial charge < -0.3 is 26.3 Å². The standard InChI is InChI=1S/C12H17N3O4/c1-2-18-11(16)8-4-3-5-9(13)10(8)15-6-7-19-12(14)17/h3-5,15H,2,6-7,13H2,1H3,(H2,14,17). The van der Waals surface area contributed by atoms with Gasteiger partial charge in [-0.2, -0.15) is 0 Å². The van der Waals surface area contributed by atoms with Crippen LogP contribution < -0.4 is 16.8 Å². The minimum Gasteiger partial charge on any atom is -0.462 e. The van der Waals surface area contributed by atoms with E-state index in [-0.39, 0.29) is 19.8 Å². The first kappa shape index (κ1) is 14.6. The number of para-hydroxylation sites is 1. The fourth-order valence-electron chi connectivity index (χ4n) is 1.47. The summed E-state index contributed by atoms with van der Waals surface area (Å²) in [5, 5.41) is 2.92. The van der Waals surface area contributed by atoms with Gasteiger partial charge in [-0.1, -0.05) is 6.07 Å². The zero-order valence-electron chi connectivity index (χ0n) is 10.6. The highest BCUT2D eigenvalue weighted by Crippen LogP contribution is 2.24. The van der Waals surface area contributed by atoms with E-state index in [2.05, 4.69) is 10.1 Å². The molecule has 0 saturated heterocycles. The lowest BCUT2D eigenvalue weighted by Gasteiger charge is -2.13. The van der Waals surface area contributed by atoms with Crippen molar-refractivity contribution in [1.29, 1.82) is 0 Å². The zero-order valence-corrected chi connectivity index (χ0v) is 10.6. The first-order valence-corrected chi connectivity index (χ1v) is 5.78. The monoisotopic (exact) mass is 267 g/mol. The molecule has 0 fully saturated rings. The Labute approximate surface area is 110 Å². The van der Waals surface area contributed by atoms with Gasteiger partial charge in [-0.15, -0.1) is 0 Å². The minimum absolute atomic E-state index is 0.0753. The summed E-state index contributed by atoms with van der Waals surface area (Å²) in [5.41, 5.74) is 11.8. The summed E-state index contributed by atoms with van der Waals surface area (Å²) < 4.78 is 9.50. The van der Waals surface area contributed by atoms with Crippen LogP contribution in [-0.4, -0.2) is 31.8 Å². The lowest BCUT2D eigenvalue weighted by atomic mass is 10.1. The van der Waals surface area contributed by atoms with Crippen molar-refractivity contribution in [3.8, 4) is 0 Å². The predicted molar refractivity (Wildman–Crippen MR) is 70.8 cm³/mol. The summed E-state index contributed by atoms with van der Waals surface area (Å²) >= 11 is 0. The van der Waals surface area contributed by atoms with Gasteiger partial charge in [-0.05, 0) is 19.1 Å². The molecule has 19 heavy (non-hydrogen) atoms. The number of hydrogen-bond donors (Lipinski definition) is 3. The van der Waals surface area contributed by atoms with Gasteiger partial charge in [0.15, 0.2) is 0 Å². The van der Waals surface area contributed by atoms with Crippen LogP contribution in [-0.2, 0) is 9.47 Å². The lowest BCUT2D eigenvalue weighted by molar-refractivity contribution is 0.0527. The molecule has 0 heterocycles. The van der Waals surface area contributed by atoms with Crippen LogP contribution >= 0.6 is 0 Å². The topological polar surface area (TPSA) is 117 Å². The first-order valence-electron chi connectivity index (χ1n) is 5.78. The van der Waals surface area contributed by atoms with Gasteiger partial charge >= 0.3 is 12.1 Å². The van der Waals surface area contributed by atoms with Gasteiger partial charge in [0.1, 0.15) is 6.61 Å². The number of ether oxygens (including phenoxy) is 2. The van der Waals surface area contributed by atoms with Crippen LogP contribution in [0, 0.1) is 0 Å². The number of esters is 1. The summed E-state index contributed by atoms with van der Waals surface area (Å²) in [4.78, 5) is 22.1. The summed E-state index contributed by atoms with van der Waals surface area (Å²) in [5.74, 6) is -0.465. The largest absolute Gasteiger partial charge is 0.462 e. The van der Waals surface area contributed by atoms with Crippen molar-refractivity contribution in [3.05, 3.63) is 23.8 Å². The van der Waals surface area contributed by atoms with Gasteiger partial charge in [0.2, 0.25) is 0 Å². The summed E-state index contributed by atoms with van der Waals surface area (Å²) in [7, 11) is 0. The molecule has 104 valence electrons. The fourth-order valence-corrected chi connectivity index (χ4v) is 1.47. The van der Waals surface area contributed by atoms with Crippen LogP contribution in [0.5, 0.6) is 0 Å². The molecule has 0 aliphatic rings. The second-order valence-corrected chi connectivity index (χ2v) is 3.58. The molecule has 0 bridgehead atoms. The second-order valence-electron chi connectivity index (χ2n) is 3.58. The Morgan fingerprint density at radius 2 is 2.05 bits per heavy atom. The maximum absolute atomic E-state index is 11.7. The molecule has 0 spiro atoms. The van der Waals surface area contributed by atoms with Crippen molar-refractivity contribution >= 4 is 23.4 Å². The highest BCUT2D eigenvalue weighted by atomic mass is 16.5. The summed E-state index contributed by atoms with van der Waals surface area (Å²) in [6.07, 6.45) is -0.853. The Hall–Kier alpha value is -2.44. The number of anilines is 2. The fraction of sp³-hybridized carbons (Fsp3) is 0.333. The van der Waals surface area contributed by atoms with Crippen LogP contribution in [0.4, 0.5) is 16.2 Å². The van der Waals surface area contributed by atoms with Crippen molar-refractivity contribution in [2.75, 3.05) is 30.8 Å². The number of nitrogens with two attached hydrogens (primary N) is 2. The number of carbonyl (C=O) groups is 2. The van der Waals surface area contributed by atoms with Gasteiger partial charge in [-0.25, -0.2) is 9.59 Å². The van der Waals surface area contributed by atoms with E-state index < -0.39 is 12.1 Å². The van der Waals surface area contributed by atoms with Crippen LogP contribution in [0.2, 0.25) is 0 Å². The Morgan fingerprint density at radius 3 is 2.68 bits per heavy atom. The number of carbonyl (C=O) groups excluding carboxylic acids is 2. The average molecular weight is 267 g/mol. The molecule has 7 nitrogen and oxygen atoms in total. The van der Waals surface area contributed by atoms with Crippen molar-refractivity contribution < 1.29 is 19.1 Å². The van der Waals surface area contributed by atoms with E-state index in [0.29, 0.717) is 16.9 Å².